The molecule has 0 fully saturated rings. The summed E-state index contributed by atoms with van der Waals surface area (Å²) in [5.74, 6) is -0.370. The highest BCUT2D eigenvalue weighted by Crippen LogP contribution is 2.20. The number of benzene rings is 1. The second-order valence-corrected chi connectivity index (χ2v) is 4.48. The average Bonchev–Trinajstić information content (AvgIpc) is 2.29. The van der Waals surface area contributed by atoms with Crippen LogP contribution in [0.15, 0.2) is 18.2 Å². The summed E-state index contributed by atoms with van der Waals surface area (Å²) < 4.78 is 18.1. The Morgan fingerprint density at radius 3 is 2.71 bits per heavy atom. The van der Waals surface area contributed by atoms with E-state index in [1.54, 1.807) is 13.2 Å². The van der Waals surface area contributed by atoms with E-state index in [4.69, 9.17) is 16.3 Å². The summed E-state index contributed by atoms with van der Waals surface area (Å²) in [5.41, 5.74) is 0.735. The van der Waals surface area contributed by atoms with Crippen molar-refractivity contribution in [2.75, 3.05) is 7.11 Å². The van der Waals surface area contributed by atoms with E-state index in [2.05, 4.69) is 0 Å². The van der Waals surface area contributed by atoms with Crippen LogP contribution >= 0.6 is 11.6 Å². The molecule has 4 heteroatoms. The number of hydrogen-bond donors (Lipinski definition) is 1. The first kappa shape index (κ1) is 14.4. The third-order valence-electron chi connectivity index (χ3n) is 2.75. The Kier molecular flexibility index (Phi) is 5.89. The SMILES string of the molecule is CCCC(OC)C(O)Cc1ccc(F)cc1Cl. The maximum absolute atomic E-state index is 12.9. The zero-order valence-electron chi connectivity index (χ0n) is 10.1. The van der Waals surface area contributed by atoms with Crippen molar-refractivity contribution in [3.05, 3.63) is 34.6 Å². The van der Waals surface area contributed by atoms with Crippen molar-refractivity contribution in [2.24, 2.45) is 0 Å². The molecule has 0 radical (unpaired) electrons. The fourth-order valence-electron chi connectivity index (χ4n) is 1.80. The minimum absolute atomic E-state index is 0.207. The van der Waals surface area contributed by atoms with Gasteiger partial charge >= 0.3 is 0 Å². The first-order valence-corrected chi connectivity index (χ1v) is 6.11. The van der Waals surface area contributed by atoms with Crippen LogP contribution in [-0.2, 0) is 11.2 Å². The van der Waals surface area contributed by atoms with Crippen molar-refractivity contribution < 1.29 is 14.2 Å². The molecule has 0 saturated carbocycles. The number of rotatable bonds is 6. The van der Waals surface area contributed by atoms with E-state index in [1.165, 1.54) is 12.1 Å². The molecule has 1 aromatic rings. The number of aliphatic hydroxyl groups is 1. The fraction of sp³-hybridized carbons (Fsp3) is 0.538. The molecular weight excluding hydrogens is 243 g/mol. The highest BCUT2D eigenvalue weighted by atomic mass is 35.5. The Bertz CT molecular complexity index is 357. The van der Waals surface area contributed by atoms with Crippen LogP contribution in [0.25, 0.3) is 0 Å². The zero-order valence-corrected chi connectivity index (χ0v) is 10.9. The molecular formula is C13H18ClFO2. The van der Waals surface area contributed by atoms with Crippen LogP contribution in [-0.4, -0.2) is 24.4 Å². The van der Waals surface area contributed by atoms with E-state index in [-0.39, 0.29) is 11.9 Å². The molecule has 2 atom stereocenters. The van der Waals surface area contributed by atoms with Crippen molar-refractivity contribution in [3.8, 4) is 0 Å². The summed E-state index contributed by atoms with van der Waals surface area (Å²) >= 11 is 5.91. The molecule has 0 aromatic heterocycles. The van der Waals surface area contributed by atoms with Gasteiger partial charge in [-0.1, -0.05) is 31.0 Å². The number of methoxy groups -OCH3 is 1. The lowest BCUT2D eigenvalue weighted by Crippen LogP contribution is -2.29. The van der Waals surface area contributed by atoms with Crippen LogP contribution < -0.4 is 0 Å². The maximum atomic E-state index is 12.9. The number of aliphatic hydroxyl groups excluding tert-OH is 1. The molecule has 1 aromatic carbocycles. The molecule has 2 nitrogen and oxygen atoms in total. The summed E-state index contributed by atoms with van der Waals surface area (Å²) in [6.07, 6.45) is 1.27. The normalized spacial score (nSPS) is 14.6. The van der Waals surface area contributed by atoms with Crippen LogP contribution in [0.4, 0.5) is 4.39 Å². The smallest absolute Gasteiger partial charge is 0.124 e. The predicted octanol–water partition coefficient (Wildman–Crippen LogP) is 3.20. The van der Waals surface area contributed by atoms with Gasteiger partial charge in [0.05, 0.1) is 12.2 Å². The maximum Gasteiger partial charge on any atom is 0.124 e. The lowest BCUT2D eigenvalue weighted by atomic mass is 10.0. The molecule has 0 spiro atoms. The highest BCUT2D eigenvalue weighted by Gasteiger charge is 2.19. The molecule has 0 aliphatic heterocycles. The molecule has 1 rings (SSSR count). The summed E-state index contributed by atoms with van der Waals surface area (Å²) in [6.45, 7) is 2.03. The number of halogens is 2. The van der Waals surface area contributed by atoms with E-state index in [9.17, 15) is 9.50 Å². The van der Waals surface area contributed by atoms with Gasteiger partial charge in [0.1, 0.15) is 5.82 Å². The van der Waals surface area contributed by atoms with Crippen molar-refractivity contribution in [2.45, 2.75) is 38.4 Å². The minimum Gasteiger partial charge on any atom is -0.390 e. The van der Waals surface area contributed by atoms with E-state index in [0.29, 0.717) is 11.4 Å². The van der Waals surface area contributed by atoms with Crippen molar-refractivity contribution >= 4 is 11.6 Å². The largest absolute Gasteiger partial charge is 0.390 e. The minimum atomic E-state index is -0.622. The van der Waals surface area contributed by atoms with Gasteiger partial charge in [-0.3, -0.25) is 0 Å². The van der Waals surface area contributed by atoms with Crippen molar-refractivity contribution in [1.82, 2.24) is 0 Å². The second kappa shape index (κ2) is 6.94. The Morgan fingerprint density at radius 1 is 1.47 bits per heavy atom. The van der Waals surface area contributed by atoms with Gasteiger partial charge in [0.2, 0.25) is 0 Å². The van der Waals surface area contributed by atoms with Gasteiger partial charge in [0, 0.05) is 18.6 Å². The van der Waals surface area contributed by atoms with Crippen LogP contribution in [0.3, 0.4) is 0 Å². The van der Waals surface area contributed by atoms with Gasteiger partial charge in [-0.05, 0) is 24.1 Å². The Balaban J connectivity index is 2.69. The monoisotopic (exact) mass is 260 g/mol. The molecule has 0 aliphatic carbocycles. The molecule has 96 valence electrons. The zero-order chi connectivity index (χ0) is 12.8. The number of hydrogen-bond acceptors (Lipinski definition) is 2. The van der Waals surface area contributed by atoms with Gasteiger partial charge < -0.3 is 9.84 Å². The second-order valence-electron chi connectivity index (χ2n) is 4.07. The topological polar surface area (TPSA) is 29.5 Å². The third kappa shape index (κ3) is 4.26. The van der Waals surface area contributed by atoms with Crippen molar-refractivity contribution in [3.63, 3.8) is 0 Å². The predicted molar refractivity (Wildman–Crippen MR) is 66.8 cm³/mol. The van der Waals surface area contributed by atoms with Gasteiger partial charge in [-0.2, -0.15) is 0 Å². The van der Waals surface area contributed by atoms with Crippen molar-refractivity contribution in [1.29, 1.82) is 0 Å². The van der Waals surface area contributed by atoms with Crippen LogP contribution in [0.2, 0.25) is 5.02 Å². The standard InChI is InChI=1S/C13H18ClFO2/c1-3-4-13(17-2)12(16)7-9-5-6-10(15)8-11(9)14/h5-6,8,12-13,16H,3-4,7H2,1-2H3. The fourth-order valence-corrected chi connectivity index (χ4v) is 2.04. The lowest BCUT2D eigenvalue weighted by molar-refractivity contribution is -0.0159. The number of ether oxygens (including phenoxy) is 1. The van der Waals surface area contributed by atoms with Gasteiger partial charge in [0.15, 0.2) is 0 Å². The van der Waals surface area contributed by atoms with E-state index < -0.39 is 6.10 Å². The molecule has 0 saturated heterocycles. The Morgan fingerprint density at radius 2 is 2.18 bits per heavy atom. The first-order chi connectivity index (χ1) is 8.08. The Labute approximate surface area is 106 Å². The van der Waals surface area contributed by atoms with Gasteiger partial charge in [0.25, 0.3) is 0 Å². The molecule has 1 N–H and O–H groups in total. The molecule has 0 heterocycles. The molecule has 2 unspecified atom stereocenters. The quantitative estimate of drug-likeness (QED) is 0.851. The van der Waals surface area contributed by atoms with E-state index in [0.717, 1.165) is 18.4 Å². The van der Waals surface area contributed by atoms with E-state index in [1.807, 2.05) is 6.92 Å². The average molecular weight is 261 g/mol. The molecule has 17 heavy (non-hydrogen) atoms. The summed E-state index contributed by atoms with van der Waals surface area (Å²) in [6, 6.07) is 4.19. The molecule has 0 amide bonds. The van der Waals surface area contributed by atoms with Crippen LogP contribution in [0.1, 0.15) is 25.3 Å². The molecule has 0 aliphatic rings. The third-order valence-corrected chi connectivity index (χ3v) is 3.10. The first-order valence-electron chi connectivity index (χ1n) is 5.73. The highest BCUT2D eigenvalue weighted by molar-refractivity contribution is 6.31. The lowest BCUT2D eigenvalue weighted by Gasteiger charge is -2.21. The van der Waals surface area contributed by atoms with Crippen LogP contribution in [0.5, 0.6) is 0 Å². The van der Waals surface area contributed by atoms with Gasteiger partial charge in [-0.25, -0.2) is 4.39 Å². The Hall–Kier alpha value is -0.640. The van der Waals surface area contributed by atoms with Crippen LogP contribution in [0, 0.1) is 5.82 Å². The summed E-state index contributed by atoms with van der Waals surface area (Å²) in [5, 5.41) is 10.4. The summed E-state index contributed by atoms with van der Waals surface area (Å²) in [4.78, 5) is 0. The molecule has 0 bridgehead atoms. The summed E-state index contributed by atoms with van der Waals surface area (Å²) in [7, 11) is 1.58. The van der Waals surface area contributed by atoms with E-state index >= 15 is 0 Å². The van der Waals surface area contributed by atoms with Gasteiger partial charge in [-0.15, -0.1) is 0 Å².